The summed E-state index contributed by atoms with van der Waals surface area (Å²) in [6.07, 6.45) is 5.79. The highest BCUT2D eigenvalue weighted by Crippen LogP contribution is 2.24. The smallest absolute Gasteiger partial charge is 0.226 e. The molecule has 1 aromatic heterocycles. The normalized spacial score (nSPS) is 22.6. The number of oxazole rings is 1. The Kier molecular flexibility index (Phi) is 4.36. The Morgan fingerprint density at radius 2 is 2.00 bits per heavy atom. The number of hydrogen-bond donors (Lipinski definition) is 1. The average Bonchev–Trinajstić information content (AvgIpc) is 2.97. The van der Waals surface area contributed by atoms with Gasteiger partial charge in [0.05, 0.1) is 11.8 Å². The molecule has 1 heterocycles. The number of aliphatic hydroxyl groups excluding tert-OH is 1. The molecule has 1 N–H and O–H groups in total. The first kappa shape index (κ1) is 14.3. The van der Waals surface area contributed by atoms with Gasteiger partial charge in [0, 0.05) is 18.2 Å². The molecule has 3 rings (SSSR count). The maximum absolute atomic E-state index is 10.1. The zero-order valence-electron chi connectivity index (χ0n) is 12.4. The molecule has 4 heteroatoms. The van der Waals surface area contributed by atoms with Crippen molar-refractivity contribution in [2.75, 3.05) is 7.05 Å². The second-order valence-electron chi connectivity index (χ2n) is 5.84. The maximum atomic E-state index is 10.1. The molecule has 2 atom stereocenters. The van der Waals surface area contributed by atoms with E-state index < -0.39 is 0 Å². The Balaban J connectivity index is 1.67. The summed E-state index contributed by atoms with van der Waals surface area (Å²) in [4.78, 5) is 6.74. The molecular weight excluding hydrogens is 264 g/mol. The van der Waals surface area contributed by atoms with Gasteiger partial charge in [-0.15, -0.1) is 0 Å². The third-order valence-corrected chi connectivity index (χ3v) is 4.24. The van der Waals surface area contributed by atoms with Crippen LogP contribution in [0.5, 0.6) is 0 Å². The number of benzene rings is 1. The minimum atomic E-state index is -0.218. The lowest BCUT2D eigenvalue weighted by Gasteiger charge is -2.34. The molecule has 1 aliphatic rings. The summed E-state index contributed by atoms with van der Waals surface area (Å²) < 4.78 is 5.57. The van der Waals surface area contributed by atoms with Gasteiger partial charge in [-0.25, -0.2) is 4.98 Å². The summed E-state index contributed by atoms with van der Waals surface area (Å²) in [5.41, 5.74) is 1.90. The number of hydrogen-bond acceptors (Lipinski definition) is 4. The molecule has 1 aliphatic carbocycles. The predicted octanol–water partition coefficient (Wildman–Crippen LogP) is 3.08. The molecule has 0 saturated heterocycles. The summed E-state index contributed by atoms with van der Waals surface area (Å²) in [5.74, 6) is 0.656. The molecule has 21 heavy (non-hydrogen) atoms. The van der Waals surface area contributed by atoms with Crippen LogP contribution in [0.1, 0.15) is 31.4 Å². The van der Waals surface area contributed by atoms with E-state index in [1.807, 2.05) is 30.3 Å². The van der Waals surface area contributed by atoms with Crippen LogP contribution in [0.4, 0.5) is 0 Å². The van der Waals surface area contributed by atoms with Gasteiger partial charge in [-0.1, -0.05) is 31.0 Å². The van der Waals surface area contributed by atoms with Crippen LogP contribution in [0.15, 0.2) is 41.0 Å². The second kappa shape index (κ2) is 6.41. The van der Waals surface area contributed by atoms with Crippen molar-refractivity contribution in [2.24, 2.45) is 0 Å². The molecule has 1 fully saturated rings. The highest BCUT2D eigenvalue weighted by molar-refractivity contribution is 5.52. The van der Waals surface area contributed by atoms with Crippen molar-refractivity contribution >= 4 is 0 Å². The quantitative estimate of drug-likeness (QED) is 0.938. The van der Waals surface area contributed by atoms with Gasteiger partial charge in [-0.2, -0.15) is 0 Å². The molecule has 4 nitrogen and oxygen atoms in total. The van der Waals surface area contributed by atoms with E-state index in [1.165, 1.54) is 6.42 Å². The molecule has 0 radical (unpaired) electrons. The zero-order chi connectivity index (χ0) is 14.7. The fourth-order valence-corrected chi connectivity index (χ4v) is 3.07. The molecule has 2 unspecified atom stereocenters. The van der Waals surface area contributed by atoms with Crippen molar-refractivity contribution in [1.82, 2.24) is 9.88 Å². The molecule has 0 bridgehead atoms. The summed E-state index contributed by atoms with van der Waals surface area (Å²) in [6.45, 7) is 0.706. The lowest BCUT2D eigenvalue weighted by molar-refractivity contribution is 0.0283. The fraction of sp³-hybridized carbons (Fsp3) is 0.471. The van der Waals surface area contributed by atoms with Crippen LogP contribution >= 0.6 is 0 Å². The fourth-order valence-electron chi connectivity index (χ4n) is 3.07. The second-order valence-corrected chi connectivity index (χ2v) is 5.84. The predicted molar refractivity (Wildman–Crippen MR) is 81.7 cm³/mol. The van der Waals surface area contributed by atoms with Gasteiger partial charge in [-0.05, 0) is 32.0 Å². The van der Waals surface area contributed by atoms with E-state index >= 15 is 0 Å². The summed E-state index contributed by atoms with van der Waals surface area (Å²) in [7, 11) is 2.05. The van der Waals surface area contributed by atoms with Gasteiger partial charge in [-0.3, -0.25) is 4.90 Å². The lowest BCUT2D eigenvalue weighted by atomic mass is 9.91. The van der Waals surface area contributed by atoms with Crippen molar-refractivity contribution in [3.63, 3.8) is 0 Å². The van der Waals surface area contributed by atoms with Gasteiger partial charge < -0.3 is 9.52 Å². The minimum absolute atomic E-state index is 0.218. The Labute approximate surface area is 125 Å². The van der Waals surface area contributed by atoms with E-state index in [2.05, 4.69) is 16.9 Å². The highest BCUT2D eigenvalue weighted by atomic mass is 16.3. The van der Waals surface area contributed by atoms with E-state index in [1.54, 1.807) is 6.26 Å². The minimum Gasteiger partial charge on any atom is -0.444 e. The standard InChI is InChI=1S/C17H22N2O2/c1-19(15-9-5-6-10-16(15)20)11-14-12-21-17(18-14)13-7-3-2-4-8-13/h2-4,7-8,12,15-16,20H,5-6,9-11H2,1H3. The first-order chi connectivity index (χ1) is 10.2. The van der Waals surface area contributed by atoms with Crippen molar-refractivity contribution in [1.29, 1.82) is 0 Å². The maximum Gasteiger partial charge on any atom is 0.226 e. The molecule has 2 aromatic rings. The molecule has 1 saturated carbocycles. The van der Waals surface area contributed by atoms with Crippen molar-refractivity contribution < 1.29 is 9.52 Å². The number of nitrogens with zero attached hydrogens (tertiary/aromatic N) is 2. The van der Waals surface area contributed by atoms with Crippen LogP contribution in [0.3, 0.4) is 0 Å². The van der Waals surface area contributed by atoms with E-state index in [4.69, 9.17) is 4.42 Å². The van der Waals surface area contributed by atoms with Gasteiger partial charge in [0.1, 0.15) is 6.26 Å². The zero-order valence-corrected chi connectivity index (χ0v) is 12.4. The van der Waals surface area contributed by atoms with Gasteiger partial charge in [0.2, 0.25) is 5.89 Å². The van der Waals surface area contributed by atoms with Crippen LogP contribution in [0, 0.1) is 0 Å². The Morgan fingerprint density at radius 1 is 1.24 bits per heavy atom. The topological polar surface area (TPSA) is 49.5 Å². The van der Waals surface area contributed by atoms with Crippen molar-refractivity contribution in [2.45, 2.75) is 44.4 Å². The molecule has 112 valence electrons. The number of aromatic nitrogens is 1. The summed E-state index contributed by atoms with van der Waals surface area (Å²) in [6, 6.07) is 10.1. The van der Waals surface area contributed by atoms with Gasteiger partial charge in [0.25, 0.3) is 0 Å². The van der Waals surface area contributed by atoms with Crippen LogP contribution in [0.2, 0.25) is 0 Å². The van der Waals surface area contributed by atoms with E-state index in [0.717, 1.165) is 30.5 Å². The summed E-state index contributed by atoms with van der Waals surface area (Å²) >= 11 is 0. The first-order valence-corrected chi connectivity index (χ1v) is 7.62. The monoisotopic (exact) mass is 286 g/mol. The van der Waals surface area contributed by atoms with Crippen LogP contribution < -0.4 is 0 Å². The largest absolute Gasteiger partial charge is 0.444 e. The molecule has 0 aliphatic heterocycles. The lowest BCUT2D eigenvalue weighted by Crippen LogP contribution is -2.42. The average molecular weight is 286 g/mol. The Hall–Kier alpha value is -1.65. The highest BCUT2D eigenvalue weighted by Gasteiger charge is 2.27. The molecule has 0 amide bonds. The third kappa shape index (κ3) is 3.34. The van der Waals surface area contributed by atoms with Crippen LogP contribution in [-0.2, 0) is 6.54 Å². The van der Waals surface area contributed by atoms with Crippen molar-refractivity contribution in [3.05, 3.63) is 42.3 Å². The van der Waals surface area contributed by atoms with Crippen LogP contribution in [0.25, 0.3) is 11.5 Å². The van der Waals surface area contributed by atoms with Crippen LogP contribution in [-0.4, -0.2) is 34.2 Å². The molecule has 1 aromatic carbocycles. The van der Waals surface area contributed by atoms with Gasteiger partial charge >= 0.3 is 0 Å². The number of rotatable bonds is 4. The Bertz CT molecular complexity index is 567. The van der Waals surface area contributed by atoms with Gasteiger partial charge in [0.15, 0.2) is 0 Å². The van der Waals surface area contributed by atoms with E-state index in [9.17, 15) is 5.11 Å². The van der Waals surface area contributed by atoms with E-state index in [0.29, 0.717) is 12.4 Å². The number of aliphatic hydroxyl groups is 1. The Morgan fingerprint density at radius 3 is 2.76 bits per heavy atom. The third-order valence-electron chi connectivity index (χ3n) is 4.24. The summed E-state index contributed by atoms with van der Waals surface area (Å²) in [5, 5.41) is 10.1. The first-order valence-electron chi connectivity index (χ1n) is 7.62. The number of likely N-dealkylation sites (N-methyl/N-ethyl adjacent to an activating group) is 1. The molecule has 0 spiro atoms. The molecular formula is C17H22N2O2. The van der Waals surface area contributed by atoms with Crippen molar-refractivity contribution in [3.8, 4) is 11.5 Å². The SMILES string of the molecule is CN(Cc1coc(-c2ccccc2)n1)C1CCCCC1O. The van der Waals surface area contributed by atoms with E-state index in [-0.39, 0.29) is 12.1 Å².